The highest BCUT2D eigenvalue weighted by atomic mass is 16.6. The van der Waals surface area contributed by atoms with Crippen molar-refractivity contribution in [2.75, 3.05) is 13.2 Å². The van der Waals surface area contributed by atoms with E-state index in [0.717, 1.165) is 0 Å². The Bertz CT molecular complexity index is 1300. The minimum Gasteiger partial charge on any atom is -0.490 e. The maximum atomic E-state index is 12.7. The summed E-state index contributed by atoms with van der Waals surface area (Å²) < 4.78 is 20.9. The van der Waals surface area contributed by atoms with Gasteiger partial charge in [0.2, 0.25) is 0 Å². The molecule has 8 nitrogen and oxygen atoms in total. The first-order valence-corrected chi connectivity index (χ1v) is 9.77. The third kappa shape index (κ3) is 5.02. The van der Waals surface area contributed by atoms with Crippen molar-refractivity contribution in [2.45, 2.75) is 13.8 Å². The van der Waals surface area contributed by atoms with Crippen LogP contribution >= 0.6 is 0 Å². The van der Waals surface area contributed by atoms with Crippen molar-refractivity contribution in [3.8, 4) is 17.6 Å². The average Bonchev–Trinajstić information content (AvgIpc) is 2.78. The number of fused-ring (bicyclic) bond motifs is 1. The number of rotatable bonds is 7. The fraction of sp³-hybridized carbons (Fsp3) is 0.167. The molecule has 3 rings (SSSR count). The molecule has 32 heavy (non-hydrogen) atoms. The molecule has 0 aliphatic heterocycles. The molecular formula is C24H19NO7. The lowest BCUT2D eigenvalue weighted by Crippen LogP contribution is -2.19. The summed E-state index contributed by atoms with van der Waals surface area (Å²) in [6.07, 6.45) is 1.34. The Morgan fingerprint density at radius 2 is 1.84 bits per heavy atom. The normalized spacial score (nSPS) is 11.0. The predicted octanol–water partition coefficient (Wildman–Crippen LogP) is 3.88. The zero-order chi connectivity index (χ0) is 23.1. The van der Waals surface area contributed by atoms with Crippen molar-refractivity contribution in [1.82, 2.24) is 0 Å². The zero-order valence-electron chi connectivity index (χ0n) is 17.4. The molecule has 0 fully saturated rings. The van der Waals surface area contributed by atoms with Gasteiger partial charge in [-0.2, -0.15) is 5.26 Å². The molecule has 0 saturated heterocycles. The van der Waals surface area contributed by atoms with Crippen molar-refractivity contribution in [3.63, 3.8) is 0 Å². The summed E-state index contributed by atoms with van der Waals surface area (Å²) in [7, 11) is 0. The van der Waals surface area contributed by atoms with Crippen molar-refractivity contribution in [3.05, 3.63) is 75.7 Å². The first-order chi connectivity index (χ1) is 15.5. The highest BCUT2D eigenvalue weighted by Gasteiger charge is 2.19. The fourth-order valence-corrected chi connectivity index (χ4v) is 2.84. The molecule has 0 spiro atoms. The first-order valence-electron chi connectivity index (χ1n) is 9.77. The predicted molar refractivity (Wildman–Crippen MR) is 115 cm³/mol. The SMILES string of the molecule is CCOC(=O)/C(C#N)=C/c1ccc(OC(=O)c2cc3ccccc3oc2=O)c(OCC)c1. The van der Waals surface area contributed by atoms with E-state index in [1.165, 1.54) is 30.3 Å². The van der Waals surface area contributed by atoms with Crippen LogP contribution in [0.5, 0.6) is 11.5 Å². The molecule has 0 aliphatic rings. The van der Waals surface area contributed by atoms with Gasteiger partial charge in [0.25, 0.3) is 0 Å². The number of carbonyl (C=O) groups is 2. The standard InChI is InChI=1S/C24H19NO7/c1-3-29-21-12-15(11-17(14-25)22(26)30-4-2)9-10-20(21)32-24(28)18-13-16-7-5-6-8-19(16)31-23(18)27/h5-13H,3-4H2,1-2H3/b17-11+. The summed E-state index contributed by atoms with van der Waals surface area (Å²) in [5, 5.41) is 9.78. The monoisotopic (exact) mass is 433 g/mol. The van der Waals surface area contributed by atoms with Crippen LogP contribution in [0.4, 0.5) is 0 Å². The van der Waals surface area contributed by atoms with Gasteiger partial charge < -0.3 is 18.6 Å². The van der Waals surface area contributed by atoms with Crippen LogP contribution in [0.3, 0.4) is 0 Å². The summed E-state index contributed by atoms with van der Waals surface area (Å²) in [5.41, 5.74) is -0.450. The molecule has 0 unspecified atom stereocenters. The van der Waals surface area contributed by atoms with Gasteiger partial charge in [0.05, 0.1) is 13.2 Å². The molecule has 162 valence electrons. The Labute approximate surface area is 183 Å². The van der Waals surface area contributed by atoms with Crippen molar-refractivity contribution >= 4 is 29.0 Å². The molecular weight excluding hydrogens is 414 g/mol. The number of carbonyl (C=O) groups excluding carboxylic acids is 2. The molecule has 1 aromatic heterocycles. The maximum absolute atomic E-state index is 12.7. The van der Waals surface area contributed by atoms with Gasteiger partial charge >= 0.3 is 17.6 Å². The number of esters is 2. The van der Waals surface area contributed by atoms with E-state index in [1.807, 2.05) is 0 Å². The molecule has 2 aromatic carbocycles. The van der Waals surface area contributed by atoms with Crippen LogP contribution in [0.2, 0.25) is 0 Å². The van der Waals surface area contributed by atoms with Crippen LogP contribution in [0, 0.1) is 11.3 Å². The summed E-state index contributed by atoms with van der Waals surface area (Å²) >= 11 is 0. The molecule has 0 saturated carbocycles. The van der Waals surface area contributed by atoms with E-state index in [-0.39, 0.29) is 35.8 Å². The topological polar surface area (TPSA) is 116 Å². The highest BCUT2D eigenvalue weighted by molar-refractivity contribution is 5.98. The van der Waals surface area contributed by atoms with E-state index in [2.05, 4.69) is 0 Å². The fourth-order valence-electron chi connectivity index (χ4n) is 2.84. The molecule has 8 heteroatoms. The zero-order valence-corrected chi connectivity index (χ0v) is 17.4. The van der Waals surface area contributed by atoms with Crippen LogP contribution < -0.4 is 15.1 Å². The molecule has 0 aliphatic carbocycles. The smallest absolute Gasteiger partial charge is 0.351 e. The van der Waals surface area contributed by atoms with E-state index < -0.39 is 17.6 Å². The highest BCUT2D eigenvalue weighted by Crippen LogP contribution is 2.30. The van der Waals surface area contributed by atoms with Gasteiger partial charge in [0.15, 0.2) is 11.5 Å². The minimum atomic E-state index is -0.905. The Morgan fingerprint density at radius 1 is 1.06 bits per heavy atom. The maximum Gasteiger partial charge on any atom is 0.351 e. The first kappa shape index (κ1) is 22.3. The third-order valence-electron chi connectivity index (χ3n) is 4.26. The number of hydrogen-bond acceptors (Lipinski definition) is 8. The van der Waals surface area contributed by atoms with Crippen LogP contribution in [-0.2, 0) is 9.53 Å². The van der Waals surface area contributed by atoms with E-state index in [0.29, 0.717) is 16.5 Å². The van der Waals surface area contributed by atoms with Crippen molar-refractivity contribution < 1.29 is 28.2 Å². The second kappa shape index (κ2) is 10.1. The van der Waals surface area contributed by atoms with Crippen LogP contribution in [0.25, 0.3) is 17.0 Å². The number of para-hydroxylation sites is 1. The molecule has 0 bridgehead atoms. The van der Waals surface area contributed by atoms with Gasteiger partial charge in [-0.15, -0.1) is 0 Å². The second-order valence-corrected chi connectivity index (χ2v) is 6.40. The molecule has 0 radical (unpaired) electrons. The lowest BCUT2D eigenvalue weighted by Gasteiger charge is -2.11. The van der Waals surface area contributed by atoms with E-state index in [9.17, 15) is 19.6 Å². The lowest BCUT2D eigenvalue weighted by molar-refractivity contribution is -0.137. The van der Waals surface area contributed by atoms with Crippen molar-refractivity contribution in [1.29, 1.82) is 5.26 Å². The Balaban J connectivity index is 1.92. The Kier molecular flexibility index (Phi) is 7.03. The van der Waals surface area contributed by atoms with E-state index in [1.54, 1.807) is 44.2 Å². The van der Waals surface area contributed by atoms with E-state index >= 15 is 0 Å². The largest absolute Gasteiger partial charge is 0.490 e. The molecule has 0 atom stereocenters. The minimum absolute atomic E-state index is 0.0659. The number of nitriles is 1. The second-order valence-electron chi connectivity index (χ2n) is 6.40. The van der Waals surface area contributed by atoms with Gasteiger partial charge in [-0.25, -0.2) is 14.4 Å². The molecule has 1 heterocycles. The summed E-state index contributed by atoms with van der Waals surface area (Å²) in [6.45, 7) is 3.78. The summed E-state index contributed by atoms with van der Waals surface area (Å²) in [4.78, 5) is 36.7. The number of nitrogens with zero attached hydrogens (tertiary/aromatic N) is 1. The van der Waals surface area contributed by atoms with Crippen LogP contribution in [-0.4, -0.2) is 25.2 Å². The van der Waals surface area contributed by atoms with Gasteiger partial charge in [-0.3, -0.25) is 0 Å². The van der Waals surface area contributed by atoms with Gasteiger partial charge in [0.1, 0.15) is 22.8 Å². The summed E-state index contributed by atoms with van der Waals surface area (Å²) in [6, 6.07) is 14.5. The van der Waals surface area contributed by atoms with E-state index in [4.69, 9.17) is 18.6 Å². The molecule has 3 aromatic rings. The lowest BCUT2D eigenvalue weighted by atomic mass is 10.1. The van der Waals surface area contributed by atoms with Crippen LogP contribution in [0.1, 0.15) is 29.8 Å². The van der Waals surface area contributed by atoms with Gasteiger partial charge in [-0.05, 0) is 49.8 Å². The molecule has 0 amide bonds. The van der Waals surface area contributed by atoms with Gasteiger partial charge in [0, 0.05) is 5.39 Å². The van der Waals surface area contributed by atoms with Gasteiger partial charge in [-0.1, -0.05) is 24.3 Å². The average molecular weight is 433 g/mol. The van der Waals surface area contributed by atoms with Crippen molar-refractivity contribution in [2.24, 2.45) is 0 Å². The number of hydrogen-bond donors (Lipinski definition) is 0. The Hall–Kier alpha value is -4.38. The number of ether oxygens (including phenoxy) is 3. The summed E-state index contributed by atoms with van der Waals surface area (Å²) in [5.74, 6) is -1.39. The molecule has 0 N–H and O–H groups in total. The third-order valence-corrected chi connectivity index (χ3v) is 4.26. The quantitative estimate of drug-likeness (QED) is 0.181. The van der Waals surface area contributed by atoms with Crippen LogP contribution in [0.15, 0.2) is 63.3 Å². The Morgan fingerprint density at radius 3 is 2.56 bits per heavy atom. The number of benzene rings is 2.